The summed E-state index contributed by atoms with van der Waals surface area (Å²) in [6, 6.07) is 12.2. The number of para-hydroxylation sites is 2. The molecule has 4 rings (SSSR count). The van der Waals surface area contributed by atoms with Crippen LogP contribution in [0.2, 0.25) is 0 Å². The molecule has 0 radical (unpaired) electrons. The number of hydrogen-bond donors (Lipinski definition) is 3. The number of aryl methyl sites for hydroxylation is 2. The Bertz CT molecular complexity index is 803. The van der Waals surface area contributed by atoms with Crippen molar-refractivity contribution in [3.63, 3.8) is 0 Å². The topological polar surface area (TPSA) is 82.7 Å². The summed E-state index contributed by atoms with van der Waals surface area (Å²) < 4.78 is 0. The number of aromatic amines is 1. The average Bonchev–Trinajstić information content (AvgIpc) is 3.16. The van der Waals surface area contributed by atoms with Crippen LogP contribution in [-0.2, 0) is 24.2 Å². The molecule has 6 heteroatoms. The van der Waals surface area contributed by atoms with Crippen molar-refractivity contribution in [1.82, 2.24) is 25.6 Å². The standard InChI is InChI=1S/C13H18N4O.C9H11N/c18-10-15-8-4-3-7-14-9-13-16-11-5-1-2-6-12(11)17-13;1-2-6-9-8(4-1)5-3-7-10-9/h1-2,5-6,10,14H,3-4,7-9H2,(H,15,18)(H,16,17);3,5,7H,1-2,4,6H2. The van der Waals surface area contributed by atoms with Gasteiger partial charge in [-0.05, 0) is 68.8 Å². The highest BCUT2D eigenvalue weighted by Crippen LogP contribution is 2.17. The van der Waals surface area contributed by atoms with Gasteiger partial charge in [-0.2, -0.15) is 0 Å². The average molecular weight is 380 g/mol. The van der Waals surface area contributed by atoms with E-state index in [1.165, 1.54) is 36.9 Å². The van der Waals surface area contributed by atoms with E-state index in [0.717, 1.165) is 55.7 Å². The number of nitrogens with one attached hydrogen (secondary N) is 3. The van der Waals surface area contributed by atoms with E-state index in [4.69, 9.17) is 0 Å². The van der Waals surface area contributed by atoms with Crippen molar-refractivity contribution in [2.75, 3.05) is 13.1 Å². The van der Waals surface area contributed by atoms with Gasteiger partial charge < -0.3 is 15.6 Å². The molecule has 1 aliphatic rings. The minimum atomic E-state index is 0.738. The Labute approximate surface area is 166 Å². The fourth-order valence-electron chi connectivity index (χ4n) is 3.36. The van der Waals surface area contributed by atoms with Crippen molar-refractivity contribution in [2.24, 2.45) is 0 Å². The highest BCUT2D eigenvalue weighted by Gasteiger charge is 2.07. The Morgan fingerprint density at radius 1 is 1.04 bits per heavy atom. The van der Waals surface area contributed by atoms with E-state index in [2.05, 4.69) is 31.7 Å². The van der Waals surface area contributed by atoms with Crippen molar-refractivity contribution in [1.29, 1.82) is 0 Å². The summed E-state index contributed by atoms with van der Waals surface area (Å²) in [5.41, 5.74) is 4.87. The van der Waals surface area contributed by atoms with Gasteiger partial charge in [0.2, 0.25) is 6.41 Å². The fourth-order valence-corrected chi connectivity index (χ4v) is 3.36. The maximum absolute atomic E-state index is 10.0. The lowest BCUT2D eigenvalue weighted by molar-refractivity contribution is -0.109. The Morgan fingerprint density at radius 3 is 2.75 bits per heavy atom. The van der Waals surface area contributed by atoms with Gasteiger partial charge in [-0.25, -0.2) is 4.98 Å². The number of amides is 1. The normalized spacial score (nSPS) is 12.7. The molecule has 1 aliphatic carbocycles. The van der Waals surface area contributed by atoms with Crippen LogP contribution in [0.3, 0.4) is 0 Å². The summed E-state index contributed by atoms with van der Waals surface area (Å²) in [4.78, 5) is 22.1. The quantitative estimate of drug-likeness (QED) is 0.415. The van der Waals surface area contributed by atoms with Crippen LogP contribution in [0, 0.1) is 0 Å². The first kappa shape index (κ1) is 20.0. The number of imidazole rings is 1. The van der Waals surface area contributed by atoms with E-state index >= 15 is 0 Å². The molecule has 6 nitrogen and oxygen atoms in total. The maximum Gasteiger partial charge on any atom is 0.207 e. The van der Waals surface area contributed by atoms with Gasteiger partial charge in [0, 0.05) is 18.4 Å². The number of nitrogens with zero attached hydrogens (tertiary/aromatic N) is 2. The van der Waals surface area contributed by atoms with Gasteiger partial charge in [0.05, 0.1) is 17.6 Å². The second-order valence-corrected chi connectivity index (χ2v) is 6.97. The van der Waals surface area contributed by atoms with Crippen molar-refractivity contribution >= 4 is 17.4 Å². The van der Waals surface area contributed by atoms with Crippen molar-refractivity contribution in [3.8, 4) is 0 Å². The first-order valence-electron chi connectivity index (χ1n) is 10.1. The molecule has 148 valence electrons. The van der Waals surface area contributed by atoms with Gasteiger partial charge in [0.15, 0.2) is 0 Å². The van der Waals surface area contributed by atoms with Gasteiger partial charge >= 0.3 is 0 Å². The summed E-state index contributed by atoms with van der Waals surface area (Å²) in [7, 11) is 0. The molecule has 2 heterocycles. The molecule has 0 unspecified atom stereocenters. The number of H-pyrrole nitrogens is 1. The smallest absolute Gasteiger partial charge is 0.207 e. The van der Waals surface area contributed by atoms with E-state index in [1.807, 2.05) is 36.5 Å². The molecule has 28 heavy (non-hydrogen) atoms. The number of carbonyl (C=O) groups excluding carboxylic acids is 1. The first-order chi connectivity index (χ1) is 13.9. The number of fused-ring (bicyclic) bond motifs is 2. The number of benzene rings is 1. The lowest BCUT2D eigenvalue weighted by Crippen LogP contribution is -2.18. The third-order valence-corrected chi connectivity index (χ3v) is 4.83. The second kappa shape index (κ2) is 11.2. The molecule has 1 aromatic carbocycles. The number of rotatable bonds is 8. The molecular weight excluding hydrogens is 350 g/mol. The minimum Gasteiger partial charge on any atom is -0.359 e. The van der Waals surface area contributed by atoms with Crippen molar-refractivity contribution in [2.45, 2.75) is 45.1 Å². The monoisotopic (exact) mass is 379 g/mol. The zero-order valence-corrected chi connectivity index (χ0v) is 16.3. The third-order valence-electron chi connectivity index (χ3n) is 4.83. The maximum atomic E-state index is 10.0. The highest BCUT2D eigenvalue weighted by atomic mass is 16.1. The predicted octanol–water partition coefficient (Wildman–Crippen LogP) is 3.14. The molecule has 0 atom stereocenters. The van der Waals surface area contributed by atoms with Crippen LogP contribution in [0.1, 0.15) is 42.8 Å². The number of hydrogen-bond acceptors (Lipinski definition) is 4. The summed E-state index contributed by atoms with van der Waals surface area (Å²) in [6.45, 7) is 2.42. The van der Waals surface area contributed by atoms with Crippen LogP contribution >= 0.6 is 0 Å². The number of unbranched alkanes of at least 4 members (excludes halogenated alkanes) is 1. The Kier molecular flexibility index (Phi) is 8.00. The van der Waals surface area contributed by atoms with E-state index in [1.54, 1.807) is 0 Å². The molecule has 0 saturated heterocycles. The SMILES string of the molecule is O=CNCCCCNCc1nc2ccccc2[nH]1.c1cnc2c(c1)CCCC2. The van der Waals surface area contributed by atoms with Crippen LogP contribution in [0.5, 0.6) is 0 Å². The van der Waals surface area contributed by atoms with Crippen LogP contribution in [-0.4, -0.2) is 34.5 Å². The largest absolute Gasteiger partial charge is 0.359 e. The summed E-state index contributed by atoms with van der Waals surface area (Å²) in [5, 5.41) is 5.98. The molecule has 3 N–H and O–H groups in total. The lowest BCUT2D eigenvalue weighted by Gasteiger charge is -2.12. The van der Waals surface area contributed by atoms with Gasteiger partial charge in [-0.15, -0.1) is 0 Å². The summed E-state index contributed by atoms with van der Waals surface area (Å²) in [6.07, 6.45) is 9.76. The van der Waals surface area contributed by atoms with Gasteiger partial charge in [-0.3, -0.25) is 9.78 Å². The Balaban J connectivity index is 0.000000188. The lowest BCUT2D eigenvalue weighted by atomic mass is 9.96. The molecule has 3 aromatic rings. The number of carbonyl (C=O) groups is 1. The minimum absolute atomic E-state index is 0.738. The number of pyridine rings is 1. The molecule has 0 fully saturated rings. The Morgan fingerprint density at radius 2 is 1.89 bits per heavy atom. The van der Waals surface area contributed by atoms with Gasteiger partial charge in [0.25, 0.3) is 0 Å². The van der Waals surface area contributed by atoms with Gasteiger partial charge in [-0.1, -0.05) is 18.2 Å². The van der Waals surface area contributed by atoms with E-state index in [0.29, 0.717) is 0 Å². The van der Waals surface area contributed by atoms with Crippen LogP contribution in [0.4, 0.5) is 0 Å². The molecule has 2 aromatic heterocycles. The fraction of sp³-hybridized carbons (Fsp3) is 0.409. The van der Waals surface area contributed by atoms with E-state index in [9.17, 15) is 4.79 Å². The van der Waals surface area contributed by atoms with E-state index < -0.39 is 0 Å². The molecular formula is C22H29N5O. The third kappa shape index (κ3) is 6.16. The zero-order valence-electron chi connectivity index (χ0n) is 16.3. The summed E-state index contributed by atoms with van der Waals surface area (Å²) in [5.74, 6) is 0.960. The predicted molar refractivity (Wildman–Crippen MR) is 112 cm³/mol. The molecule has 0 bridgehead atoms. The molecule has 0 aliphatic heterocycles. The molecule has 0 saturated carbocycles. The van der Waals surface area contributed by atoms with Crippen LogP contribution in [0.15, 0.2) is 42.6 Å². The highest BCUT2D eigenvalue weighted by molar-refractivity contribution is 5.74. The van der Waals surface area contributed by atoms with Crippen molar-refractivity contribution < 1.29 is 4.79 Å². The zero-order chi connectivity index (χ0) is 19.4. The first-order valence-corrected chi connectivity index (χ1v) is 10.1. The van der Waals surface area contributed by atoms with Crippen LogP contribution < -0.4 is 10.6 Å². The molecule has 1 amide bonds. The second-order valence-electron chi connectivity index (χ2n) is 6.97. The van der Waals surface area contributed by atoms with E-state index in [-0.39, 0.29) is 0 Å². The van der Waals surface area contributed by atoms with Crippen LogP contribution in [0.25, 0.3) is 11.0 Å². The Hall–Kier alpha value is -2.73. The molecule has 0 spiro atoms. The number of aromatic nitrogens is 3. The van der Waals surface area contributed by atoms with Gasteiger partial charge in [0.1, 0.15) is 5.82 Å². The summed E-state index contributed by atoms with van der Waals surface area (Å²) >= 11 is 0. The van der Waals surface area contributed by atoms with Crippen molar-refractivity contribution in [3.05, 3.63) is 59.7 Å².